The summed E-state index contributed by atoms with van der Waals surface area (Å²) in [6.07, 6.45) is 0. The number of nitrogens with zero attached hydrogens (tertiary/aromatic N) is 4. The molecule has 5 rings (SSSR count). The van der Waals surface area contributed by atoms with Crippen LogP contribution < -0.4 is 0 Å². The van der Waals surface area contributed by atoms with E-state index in [1.54, 1.807) is 10.4 Å². The summed E-state index contributed by atoms with van der Waals surface area (Å²) in [6, 6.07) is 15.4. The summed E-state index contributed by atoms with van der Waals surface area (Å²) in [5.74, 6) is 1.12. The van der Waals surface area contributed by atoms with Crippen LogP contribution in [0.2, 0.25) is 0 Å². The van der Waals surface area contributed by atoms with Gasteiger partial charge in [0.1, 0.15) is 0 Å². The first-order valence-electron chi connectivity index (χ1n) is 10.9. The first kappa shape index (κ1) is 21.3. The first-order chi connectivity index (χ1) is 15.4. The van der Waals surface area contributed by atoms with Crippen molar-refractivity contribution in [3.63, 3.8) is 0 Å². The van der Waals surface area contributed by atoms with Gasteiger partial charge in [0.2, 0.25) is 10.0 Å². The minimum Gasteiger partial charge on any atom is -0.378 e. The van der Waals surface area contributed by atoms with E-state index in [0.717, 1.165) is 30.9 Å². The topological polar surface area (TPSA) is 91.4 Å². The highest BCUT2D eigenvalue weighted by Crippen LogP contribution is 2.29. The second-order valence-corrected chi connectivity index (χ2v) is 10.4. The number of nitrogens with one attached hydrogen (secondary N) is 1. The smallest absolute Gasteiger partial charge is 0.243 e. The van der Waals surface area contributed by atoms with Gasteiger partial charge in [-0.15, -0.1) is 0 Å². The quantitative estimate of drug-likeness (QED) is 0.638. The lowest BCUT2D eigenvalue weighted by atomic mass is 10.1. The van der Waals surface area contributed by atoms with Gasteiger partial charge in [-0.1, -0.05) is 42.5 Å². The van der Waals surface area contributed by atoms with Crippen LogP contribution >= 0.6 is 0 Å². The van der Waals surface area contributed by atoms with Gasteiger partial charge in [-0.25, -0.2) is 13.4 Å². The summed E-state index contributed by atoms with van der Waals surface area (Å²) in [7, 11) is -3.65. The van der Waals surface area contributed by atoms with E-state index in [9.17, 15) is 8.42 Å². The Morgan fingerprint density at radius 3 is 2.53 bits per heavy atom. The molecule has 3 heterocycles. The molecule has 1 atom stereocenters. The number of H-pyrrole nitrogens is 1. The van der Waals surface area contributed by atoms with E-state index in [1.165, 1.54) is 0 Å². The number of aromatic nitrogens is 3. The van der Waals surface area contributed by atoms with Crippen molar-refractivity contribution >= 4 is 10.0 Å². The van der Waals surface area contributed by atoms with Gasteiger partial charge in [0.15, 0.2) is 11.6 Å². The number of rotatable bonds is 5. The second-order valence-electron chi connectivity index (χ2n) is 8.50. The lowest BCUT2D eigenvalue weighted by Crippen LogP contribution is -2.60. The van der Waals surface area contributed by atoms with E-state index >= 15 is 0 Å². The molecule has 0 amide bonds. The van der Waals surface area contributed by atoms with Gasteiger partial charge in [-0.2, -0.15) is 9.40 Å². The van der Waals surface area contributed by atoms with E-state index in [2.05, 4.69) is 20.1 Å². The number of benzene rings is 2. The maximum Gasteiger partial charge on any atom is 0.243 e. The Balaban J connectivity index is 1.42. The average Bonchev–Trinajstić information content (AvgIpc) is 3.23. The highest BCUT2D eigenvalue weighted by Gasteiger charge is 2.38. The molecule has 168 valence electrons. The van der Waals surface area contributed by atoms with Gasteiger partial charge in [-0.3, -0.25) is 10.00 Å². The summed E-state index contributed by atoms with van der Waals surface area (Å²) in [6.45, 7) is 7.19. The zero-order valence-electron chi connectivity index (χ0n) is 18.2. The van der Waals surface area contributed by atoms with E-state index in [4.69, 9.17) is 4.74 Å². The lowest BCUT2D eigenvalue weighted by molar-refractivity contribution is -0.0776. The number of hydrogen-bond donors (Lipinski definition) is 1. The fourth-order valence-corrected chi connectivity index (χ4v) is 6.22. The number of hydrogen-bond acceptors (Lipinski definition) is 6. The molecule has 2 aliphatic rings. The predicted octanol–water partition coefficient (Wildman–Crippen LogP) is 2.54. The molecule has 8 nitrogen and oxygen atoms in total. The summed E-state index contributed by atoms with van der Waals surface area (Å²) in [5, 5.41) is 7.28. The maximum atomic E-state index is 13.6. The van der Waals surface area contributed by atoms with Gasteiger partial charge in [0.25, 0.3) is 0 Å². The molecular weight excluding hydrogens is 426 g/mol. The Bertz CT molecular complexity index is 1210. The first-order valence-corrected chi connectivity index (χ1v) is 12.3. The van der Waals surface area contributed by atoms with Crippen molar-refractivity contribution < 1.29 is 13.2 Å². The van der Waals surface area contributed by atoms with Crippen molar-refractivity contribution in [3.05, 3.63) is 54.1 Å². The van der Waals surface area contributed by atoms with Crippen molar-refractivity contribution in [2.75, 3.05) is 32.8 Å². The van der Waals surface area contributed by atoms with Crippen molar-refractivity contribution in [2.45, 2.75) is 30.8 Å². The molecule has 2 aromatic carbocycles. The standard InChI is InChI=1S/C23H27N5O3S/c1-16-8-9-19(23-24-22(25-26-23)18-6-4-3-5-7-18)12-21(16)32(29,30)28-11-10-27(13-17(28)2)20-14-31-15-20/h3-9,12,17,20H,10-11,13-15H2,1-2H3,(H,24,25,26). The van der Waals surface area contributed by atoms with Crippen LogP contribution in [0.25, 0.3) is 22.8 Å². The third-order valence-corrected chi connectivity index (χ3v) is 8.46. The van der Waals surface area contributed by atoms with Gasteiger partial charge in [0, 0.05) is 36.8 Å². The number of aromatic amines is 1. The number of ether oxygens (including phenoxy) is 1. The third-order valence-electron chi connectivity index (χ3n) is 6.30. The van der Waals surface area contributed by atoms with Crippen LogP contribution in [0.1, 0.15) is 12.5 Å². The Kier molecular flexibility index (Phi) is 5.58. The number of piperazine rings is 1. The minimum atomic E-state index is -3.65. The van der Waals surface area contributed by atoms with Crippen LogP contribution in [0.4, 0.5) is 0 Å². The molecule has 1 aromatic heterocycles. The van der Waals surface area contributed by atoms with Crippen LogP contribution in [0.3, 0.4) is 0 Å². The Labute approximate surface area is 188 Å². The van der Waals surface area contributed by atoms with Gasteiger partial charge in [-0.05, 0) is 25.5 Å². The molecule has 2 fully saturated rings. The van der Waals surface area contributed by atoms with Crippen LogP contribution in [-0.4, -0.2) is 77.7 Å². The Hall–Kier alpha value is -2.59. The molecule has 3 aromatic rings. The summed E-state index contributed by atoms with van der Waals surface area (Å²) >= 11 is 0. The van der Waals surface area contributed by atoms with Gasteiger partial charge >= 0.3 is 0 Å². The molecule has 0 spiro atoms. The molecule has 9 heteroatoms. The minimum absolute atomic E-state index is 0.106. The van der Waals surface area contributed by atoms with Gasteiger partial charge in [0.05, 0.1) is 24.2 Å². The van der Waals surface area contributed by atoms with E-state index in [0.29, 0.717) is 41.2 Å². The zero-order valence-corrected chi connectivity index (χ0v) is 19.0. The molecule has 0 saturated carbocycles. The molecule has 1 N–H and O–H groups in total. The zero-order chi connectivity index (χ0) is 22.3. The van der Waals surface area contributed by atoms with Crippen molar-refractivity contribution in [1.82, 2.24) is 24.4 Å². The summed E-state index contributed by atoms with van der Waals surface area (Å²) in [4.78, 5) is 7.23. The SMILES string of the molecule is Cc1ccc(-c2n[nH]c(-c3ccccc3)n2)cc1S(=O)(=O)N1CCN(C2COC2)CC1C. The molecular formula is C23H27N5O3S. The molecule has 0 aliphatic carbocycles. The molecule has 1 unspecified atom stereocenters. The highest BCUT2D eigenvalue weighted by molar-refractivity contribution is 7.89. The Morgan fingerprint density at radius 1 is 1.06 bits per heavy atom. The largest absolute Gasteiger partial charge is 0.378 e. The summed E-state index contributed by atoms with van der Waals surface area (Å²) in [5.41, 5.74) is 2.31. The van der Waals surface area contributed by atoms with E-state index < -0.39 is 10.0 Å². The van der Waals surface area contributed by atoms with Crippen LogP contribution in [0, 0.1) is 6.92 Å². The van der Waals surface area contributed by atoms with E-state index in [1.807, 2.05) is 56.3 Å². The van der Waals surface area contributed by atoms with Crippen molar-refractivity contribution in [1.29, 1.82) is 0 Å². The number of aryl methyl sites for hydroxylation is 1. The molecule has 2 saturated heterocycles. The van der Waals surface area contributed by atoms with Crippen LogP contribution in [0.15, 0.2) is 53.4 Å². The average molecular weight is 454 g/mol. The van der Waals surface area contributed by atoms with Crippen molar-refractivity contribution in [3.8, 4) is 22.8 Å². The van der Waals surface area contributed by atoms with Gasteiger partial charge < -0.3 is 4.74 Å². The maximum absolute atomic E-state index is 13.6. The molecule has 0 bridgehead atoms. The molecule has 2 aliphatic heterocycles. The van der Waals surface area contributed by atoms with Crippen LogP contribution in [-0.2, 0) is 14.8 Å². The van der Waals surface area contributed by atoms with Crippen molar-refractivity contribution in [2.24, 2.45) is 0 Å². The number of sulfonamides is 1. The highest BCUT2D eigenvalue weighted by atomic mass is 32.2. The third kappa shape index (κ3) is 3.86. The molecule has 32 heavy (non-hydrogen) atoms. The fraction of sp³-hybridized carbons (Fsp3) is 0.391. The second kappa shape index (κ2) is 8.40. The fourth-order valence-electron chi connectivity index (χ4n) is 4.35. The normalized spacial score (nSPS) is 20.9. The monoisotopic (exact) mass is 453 g/mol. The predicted molar refractivity (Wildman–Crippen MR) is 122 cm³/mol. The lowest BCUT2D eigenvalue weighted by Gasteiger charge is -2.45. The summed E-state index contributed by atoms with van der Waals surface area (Å²) < 4.78 is 34.2. The molecule has 0 radical (unpaired) electrons. The van der Waals surface area contributed by atoms with E-state index in [-0.39, 0.29) is 6.04 Å². The van der Waals surface area contributed by atoms with Crippen LogP contribution in [0.5, 0.6) is 0 Å². The Morgan fingerprint density at radius 2 is 1.84 bits per heavy atom.